The van der Waals surface area contributed by atoms with Crippen molar-refractivity contribution in [2.45, 2.75) is 41.0 Å². The molecule has 0 aliphatic rings. The van der Waals surface area contributed by atoms with Crippen LogP contribution >= 0.6 is 0 Å². The summed E-state index contributed by atoms with van der Waals surface area (Å²) in [5, 5.41) is 6.35. The zero-order valence-electron chi connectivity index (χ0n) is 16.6. The number of anilines is 3. The molecule has 140 valence electrons. The molecule has 0 radical (unpaired) electrons. The van der Waals surface area contributed by atoms with Crippen molar-refractivity contribution in [1.29, 1.82) is 0 Å². The highest BCUT2D eigenvalue weighted by molar-refractivity contribution is 5.92. The third-order valence-corrected chi connectivity index (χ3v) is 4.52. The lowest BCUT2D eigenvalue weighted by atomic mass is 10.1. The van der Waals surface area contributed by atoms with Crippen molar-refractivity contribution in [3.05, 3.63) is 53.1 Å². The van der Waals surface area contributed by atoms with E-state index in [1.54, 1.807) is 0 Å². The summed E-state index contributed by atoms with van der Waals surface area (Å²) < 4.78 is 0. The second-order valence-electron chi connectivity index (χ2n) is 6.77. The fourth-order valence-electron chi connectivity index (χ4n) is 3.18. The Morgan fingerprint density at radius 3 is 2.19 bits per heavy atom. The van der Waals surface area contributed by atoms with Crippen LogP contribution in [0.2, 0.25) is 0 Å². The molecule has 0 unspecified atom stereocenters. The summed E-state index contributed by atoms with van der Waals surface area (Å²) in [7, 11) is 0. The van der Waals surface area contributed by atoms with Gasteiger partial charge in [0.1, 0.15) is 0 Å². The van der Waals surface area contributed by atoms with Gasteiger partial charge in [0.25, 0.3) is 0 Å². The Balaban J connectivity index is 1.89. The largest absolute Gasteiger partial charge is 0.385 e. The van der Waals surface area contributed by atoms with Gasteiger partial charge in [-0.05, 0) is 81.6 Å². The fraction of sp³-hybridized carbons (Fsp3) is 0.409. The van der Waals surface area contributed by atoms with E-state index in [4.69, 9.17) is 0 Å². The van der Waals surface area contributed by atoms with Gasteiger partial charge in [-0.3, -0.25) is 4.79 Å². The quantitative estimate of drug-likeness (QED) is 0.709. The molecular formula is C22H31N3O. The van der Waals surface area contributed by atoms with E-state index >= 15 is 0 Å². The predicted octanol–water partition coefficient (Wildman–Crippen LogP) is 4.90. The Bertz CT molecular complexity index is 731. The van der Waals surface area contributed by atoms with E-state index in [-0.39, 0.29) is 5.91 Å². The van der Waals surface area contributed by atoms with Gasteiger partial charge in [-0.1, -0.05) is 6.07 Å². The average Bonchev–Trinajstić information content (AvgIpc) is 2.57. The summed E-state index contributed by atoms with van der Waals surface area (Å²) in [4.78, 5) is 14.6. The van der Waals surface area contributed by atoms with Gasteiger partial charge in [0.05, 0.1) is 0 Å². The number of benzene rings is 2. The van der Waals surface area contributed by atoms with Gasteiger partial charge in [-0.25, -0.2) is 0 Å². The van der Waals surface area contributed by atoms with Gasteiger partial charge in [0, 0.05) is 43.1 Å². The standard InChI is InChI=1S/C22H31N3O/c1-6-25(7-2)20-8-9-21(18(5)15-20)24-22(26)10-11-23-19-13-16(3)12-17(4)14-19/h8-9,12-15,23H,6-7,10-11H2,1-5H3,(H,24,26). The van der Waals surface area contributed by atoms with Crippen LogP contribution in [-0.2, 0) is 4.79 Å². The molecule has 2 aromatic rings. The topological polar surface area (TPSA) is 44.4 Å². The highest BCUT2D eigenvalue weighted by atomic mass is 16.1. The molecule has 0 aliphatic carbocycles. The van der Waals surface area contributed by atoms with Crippen LogP contribution in [0.4, 0.5) is 17.1 Å². The average molecular weight is 354 g/mol. The van der Waals surface area contributed by atoms with Crippen LogP contribution in [-0.4, -0.2) is 25.5 Å². The van der Waals surface area contributed by atoms with Crippen molar-refractivity contribution in [2.24, 2.45) is 0 Å². The van der Waals surface area contributed by atoms with E-state index in [1.165, 1.54) is 16.8 Å². The lowest BCUT2D eigenvalue weighted by Gasteiger charge is -2.22. The van der Waals surface area contributed by atoms with Crippen molar-refractivity contribution in [2.75, 3.05) is 35.2 Å². The zero-order valence-corrected chi connectivity index (χ0v) is 16.6. The smallest absolute Gasteiger partial charge is 0.226 e. The number of amides is 1. The Kier molecular flexibility index (Phi) is 7.07. The maximum absolute atomic E-state index is 12.3. The molecule has 0 aliphatic heterocycles. The lowest BCUT2D eigenvalue weighted by molar-refractivity contribution is -0.115. The van der Waals surface area contributed by atoms with E-state index in [2.05, 4.69) is 73.6 Å². The number of nitrogens with zero attached hydrogens (tertiary/aromatic N) is 1. The molecule has 2 aromatic carbocycles. The van der Waals surface area contributed by atoms with Crippen molar-refractivity contribution in [3.8, 4) is 0 Å². The lowest BCUT2D eigenvalue weighted by Crippen LogP contribution is -2.22. The van der Waals surface area contributed by atoms with Crippen LogP contribution in [0.1, 0.15) is 37.0 Å². The Morgan fingerprint density at radius 1 is 0.962 bits per heavy atom. The van der Waals surface area contributed by atoms with Gasteiger partial charge in [-0.2, -0.15) is 0 Å². The van der Waals surface area contributed by atoms with Gasteiger partial charge in [-0.15, -0.1) is 0 Å². The number of hydrogen-bond donors (Lipinski definition) is 2. The molecule has 0 atom stereocenters. The molecule has 0 spiro atoms. The van der Waals surface area contributed by atoms with E-state index in [0.717, 1.165) is 30.0 Å². The minimum absolute atomic E-state index is 0.0283. The Morgan fingerprint density at radius 2 is 1.62 bits per heavy atom. The van der Waals surface area contributed by atoms with Gasteiger partial charge >= 0.3 is 0 Å². The molecule has 26 heavy (non-hydrogen) atoms. The molecule has 4 nitrogen and oxygen atoms in total. The third-order valence-electron chi connectivity index (χ3n) is 4.52. The Labute approximate surface area is 157 Å². The SMILES string of the molecule is CCN(CC)c1ccc(NC(=O)CCNc2cc(C)cc(C)c2)c(C)c1. The minimum Gasteiger partial charge on any atom is -0.385 e. The summed E-state index contributed by atoms with van der Waals surface area (Å²) in [6.45, 7) is 13.1. The molecule has 2 N–H and O–H groups in total. The number of nitrogens with one attached hydrogen (secondary N) is 2. The van der Waals surface area contributed by atoms with Crippen LogP contribution in [0, 0.1) is 20.8 Å². The second kappa shape index (κ2) is 9.27. The maximum atomic E-state index is 12.3. The van der Waals surface area contributed by atoms with Crippen LogP contribution in [0.25, 0.3) is 0 Å². The fourth-order valence-corrected chi connectivity index (χ4v) is 3.18. The zero-order chi connectivity index (χ0) is 19.1. The molecule has 4 heteroatoms. The predicted molar refractivity (Wildman–Crippen MR) is 112 cm³/mol. The first-order valence-corrected chi connectivity index (χ1v) is 9.40. The molecular weight excluding hydrogens is 322 g/mol. The molecule has 0 aromatic heterocycles. The van der Waals surface area contributed by atoms with E-state index in [9.17, 15) is 4.79 Å². The first kappa shape index (κ1) is 19.8. The van der Waals surface area contributed by atoms with Crippen molar-refractivity contribution in [1.82, 2.24) is 0 Å². The summed E-state index contributed by atoms with van der Waals surface area (Å²) in [6.07, 6.45) is 0.435. The van der Waals surface area contributed by atoms with Crippen molar-refractivity contribution < 1.29 is 4.79 Å². The first-order chi connectivity index (χ1) is 12.4. The number of aryl methyl sites for hydroxylation is 3. The molecule has 0 saturated heterocycles. The van der Waals surface area contributed by atoms with Crippen LogP contribution < -0.4 is 15.5 Å². The van der Waals surface area contributed by atoms with Gasteiger partial charge in [0.2, 0.25) is 5.91 Å². The monoisotopic (exact) mass is 353 g/mol. The summed E-state index contributed by atoms with van der Waals surface area (Å²) in [5.74, 6) is 0.0283. The molecule has 0 fully saturated rings. The summed E-state index contributed by atoms with van der Waals surface area (Å²) in [5.41, 5.74) is 6.68. The van der Waals surface area contributed by atoms with Crippen LogP contribution in [0.3, 0.4) is 0 Å². The highest BCUT2D eigenvalue weighted by Crippen LogP contribution is 2.23. The van der Waals surface area contributed by atoms with Crippen LogP contribution in [0.15, 0.2) is 36.4 Å². The van der Waals surface area contributed by atoms with E-state index in [1.807, 2.05) is 13.0 Å². The van der Waals surface area contributed by atoms with Crippen LogP contribution in [0.5, 0.6) is 0 Å². The number of rotatable bonds is 8. The second-order valence-corrected chi connectivity index (χ2v) is 6.77. The van der Waals surface area contributed by atoms with Gasteiger partial charge in [0.15, 0.2) is 0 Å². The minimum atomic E-state index is 0.0283. The van der Waals surface area contributed by atoms with Crippen molar-refractivity contribution >= 4 is 23.0 Å². The molecule has 2 rings (SSSR count). The summed E-state index contributed by atoms with van der Waals surface area (Å²) in [6, 6.07) is 12.5. The molecule has 1 amide bonds. The highest BCUT2D eigenvalue weighted by Gasteiger charge is 2.08. The van der Waals surface area contributed by atoms with Crippen molar-refractivity contribution in [3.63, 3.8) is 0 Å². The van der Waals surface area contributed by atoms with E-state index < -0.39 is 0 Å². The first-order valence-electron chi connectivity index (χ1n) is 9.40. The summed E-state index contributed by atoms with van der Waals surface area (Å²) >= 11 is 0. The molecule has 0 saturated carbocycles. The van der Waals surface area contributed by atoms with Gasteiger partial charge < -0.3 is 15.5 Å². The molecule has 0 bridgehead atoms. The number of carbonyl (C=O) groups is 1. The third kappa shape index (κ3) is 5.51. The normalized spacial score (nSPS) is 10.5. The number of hydrogen-bond acceptors (Lipinski definition) is 3. The Hall–Kier alpha value is -2.49. The van der Waals surface area contributed by atoms with E-state index in [0.29, 0.717) is 13.0 Å². The number of carbonyl (C=O) groups excluding carboxylic acids is 1. The maximum Gasteiger partial charge on any atom is 0.226 e. The molecule has 0 heterocycles.